The quantitative estimate of drug-likeness (QED) is 0.803. The Labute approximate surface area is 149 Å². The van der Waals surface area contributed by atoms with Crippen molar-refractivity contribution < 1.29 is 8.42 Å². The number of benzene rings is 2. The van der Waals surface area contributed by atoms with Crippen LogP contribution in [0.3, 0.4) is 0 Å². The number of hydrogen-bond donors (Lipinski definition) is 2. The molecule has 1 aliphatic heterocycles. The molecule has 5 nitrogen and oxygen atoms in total. The highest BCUT2D eigenvalue weighted by Crippen LogP contribution is 2.25. The Morgan fingerprint density at radius 1 is 1.12 bits per heavy atom. The van der Waals surface area contributed by atoms with Crippen LogP contribution in [0.1, 0.15) is 18.4 Å². The Kier molecular flexibility index (Phi) is 5.30. The van der Waals surface area contributed by atoms with Crippen LogP contribution in [0.25, 0.3) is 0 Å². The van der Waals surface area contributed by atoms with Crippen LogP contribution in [0, 0.1) is 0 Å². The summed E-state index contributed by atoms with van der Waals surface area (Å²) in [6.45, 7) is 3.06. The molecule has 0 atom stereocenters. The molecule has 1 aliphatic rings. The third-order valence-electron chi connectivity index (χ3n) is 4.65. The summed E-state index contributed by atoms with van der Waals surface area (Å²) in [5.74, 6) is 0. The zero-order chi connectivity index (χ0) is 17.9. The summed E-state index contributed by atoms with van der Waals surface area (Å²) < 4.78 is 23.2. The van der Waals surface area contributed by atoms with Gasteiger partial charge in [-0.15, -0.1) is 0 Å². The van der Waals surface area contributed by atoms with Crippen molar-refractivity contribution in [2.24, 2.45) is 0 Å². The van der Waals surface area contributed by atoms with E-state index in [2.05, 4.69) is 34.5 Å². The second-order valence-electron chi connectivity index (χ2n) is 6.70. The third kappa shape index (κ3) is 4.74. The monoisotopic (exact) mass is 359 g/mol. The average molecular weight is 359 g/mol. The zero-order valence-corrected chi connectivity index (χ0v) is 15.3. The summed E-state index contributed by atoms with van der Waals surface area (Å²) in [5, 5.41) is 3.47. The minimum Gasteiger partial charge on any atom is -0.397 e. The molecule has 0 amide bonds. The van der Waals surface area contributed by atoms with Gasteiger partial charge in [0.2, 0.25) is 0 Å². The van der Waals surface area contributed by atoms with Crippen LogP contribution < -0.4 is 11.1 Å². The van der Waals surface area contributed by atoms with Crippen molar-refractivity contribution >= 4 is 21.2 Å². The van der Waals surface area contributed by atoms with E-state index in [1.165, 1.54) is 17.9 Å². The standard InChI is InChI=1S/C19H25N3O2S/c1-25(23,24)17-7-8-19(18(20)13-17)21-16-9-11-22(12-10-16)14-15-5-3-2-4-6-15/h2-8,13,16,21H,9-12,14,20H2,1H3. The maximum atomic E-state index is 11.6. The van der Waals surface area contributed by atoms with Gasteiger partial charge in [0, 0.05) is 31.9 Å². The number of nitrogen functional groups attached to an aromatic ring is 1. The van der Waals surface area contributed by atoms with Gasteiger partial charge in [-0.3, -0.25) is 4.90 Å². The van der Waals surface area contributed by atoms with Crippen LogP contribution in [-0.4, -0.2) is 38.7 Å². The first-order valence-corrected chi connectivity index (χ1v) is 10.4. The Morgan fingerprint density at radius 2 is 1.80 bits per heavy atom. The Bertz CT molecular complexity index is 814. The van der Waals surface area contributed by atoms with Crippen molar-refractivity contribution in [1.29, 1.82) is 0 Å². The fourth-order valence-corrected chi connectivity index (χ4v) is 3.86. The van der Waals surface area contributed by atoms with Crippen molar-refractivity contribution in [2.45, 2.75) is 30.3 Å². The van der Waals surface area contributed by atoms with Crippen molar-refractivity contribution in [3.05, 3.63) is 54.1 Å². The number of nitrogens with zero attached hydrogens (tertiary/aromatic N) is 1. The average Bonchev–Trinajstić information content (AvgIpc) is 2.58. The molecule has 134 valence electrons. The lowest BCUT2D eigenvalue weighted by Gasteiger charge is -2.33. The number of rotatable bonds is 5. The van der Waals surface area contributed by atoms with Gasteiger partial charge in [0.15, 0.2) is 9.84 Å². The van der Waals surface area contributed by atoms with Crippen molar-refractivity contribution in [3.8, 4) is 0 Å². The SMILES string of the molecule is CS(=O)(=O)c1ccc(NC2CCN(Cc3ccccc3)CC2)c(N)c1. The summed E-state index contributed by atoms with van der Waals surface area (Å²) in [6, 6.07) is 15.8. The molecular weight excluding hydrogens is 334 g/mol. The Morgan fingerprint density at radius 3 is 2.40 bits per heavy atom. The lowest BCUT2D eigenvalue weighted by atomic mass is 10.0. The van der Waals surface area contributed by atoms with E-state index in [1.54, 1.807) is 12.1 Å². The molecule has 0 aromatic heterocycles. The van der Waals surface area contributed by atoms with E-state index in [-0.39, 0.29) is 4.90 Å². The molecule has 1 heterocycles. The highest BCUT2D eigenvalue weighted by molar-refractivity contribution is 7.90. The first-order valence-electron chi connectivity index (χ1n) is 8.54. The van der Waals surface area contributed by atoms with Gasteiger partial charge in [-0.2, -0.15) is 0 Å². The molecule has 0 saturated carbocycles. The smallest absolute Gasteiger partial charge is 0.175 e. The summed E-state index contributed by atoms with van der Waals surface area (Å²) >= 11 is 0. The molecule has 2 aromatic rings. The van der Waals surface area contributed by atoms with Gasteiger partial charge in [-0.1, -0.05) is 30.3 Å². The summed E-state index contributed by atoms with van der Waals surface area (Å²) in [7, 11) is -3.23. The lowest BCUT2D eigenvalue weighted by Crippen LogP contribution is -2.38. The molecule has 1 saturated heterocycles. The fraction of sp³-hybridized carbons (Fsp3) is 0.368. The van der Waals surface area contributed by atoms with Gasteiger partial charge < -0.3 is 11.1 Å². The minimum absolute atomic E-state index is 0.258. The van der Waals surface area contributed by atoms with Crippen LogP contribution >= 0.6 is 0 Å². The molecule has 6 heteroatoms. The van der Waals surface area contributed by atoms with Gasteiger partial charge in [0.05, 0.1) is 16.3 Å². The van der Waals surface area contributed by atoms with Gasteiger partial charge in [-0.05, 0) is 36.6 Å². The molecule has 0 radical (unpaired) electrons. The normalized spacial score (nSPS) is 16.7. The predicted molar refractivity (Wildman–Crippen MR) is 102 cm³/mol. The highest BCUT2D eigenvalue weighted by Gasteiger charge is 2.20. The number of piperidine rings is 1. The van der Waals surface area contributed by atoms with E-state index in [0.29, 0.717) is 11.7 Å². The summed E-state index contributed by atoms with van der Waals surface area (Å²) in [6.07, 6.45) is 3.28. The molecule has 0 unspecified atom stereocenters. The largest absolute Gasteiger partial charge is 0.397 e. The van der Waals surface area contributed by atoms with Crippen LogP contribution in [0.15, 0.2) is 53.4 Å². The van der Waals surface area contributed by atoms with Crippen LogP contribution in [-0.2, 0) is 16.4 Å². The van der Waals surface area contributed by atoms with Gasteiger partial charge in [-0.25, -0.2) is 8.42 Å². The van der Waals surface area contributed by atoms with E-state index in [4.69, 9.17) is 5.73 Å². The van der Waals surface area contributed by atoms with Gasteiger partial charge >= 0.3 is 0 Å². The van der Waals surface area contributed by atoms with E-state index in [9.17, 15) is 8.42 Å². The summed E-state index contributed by atoms with van der Waals surface area (Å²) in [4.78, 5) is 2.72. The minimum atomic E-state index is -3.23. The number of sulfone groups is 1. The zero-order valence-electron chi connectivity index (χ0n) is 14.5. The van der Waals surface area contributed by atoms with Crippen molar-refractivity contribution in [3.63, 3.8) is 0 Å². The van der Waals surface area contributed by atoms with E-state index >= 15 is 0 Å². The van der Waals surface area contributed by atoms with Crippen LogP contribution in [0.4, 0.5) is 11.4 Å². The fourth-order valence-electron chi connectivity index (χ4n) is 3.20. The topological polar surface area (TPSA) is 75.4 Å². The molecule has 25 heavy (non-hydrogen) atoms. The predicted octanol–water partition coefficient (Wildman–Crippen LogP) is 2.75. The molecule has 2 aromatic carbocycles. The molecule has 0 spiro atoms. The highest BCUT2D eigenvalue weighted by atomic mass is 32.2. The van der Waals surface area contributed by atoms with Gasteiger partial charge in [0.25, 0.3) is 0 Å². The lowest BCUT2D eigenvalue weighted by molar-refractivity contribution is 0.211. The molecule has 1 fully saturated rings. The van der Waals surface area contributed by atoms with Crippen LogP contribution in [0.2, 0.25) is 0 Å². The number of anilines is 2. The number of nitrogens with one attached hydrogen (secondary N) is 1. The summed E-state index contributed by atoms with van der Waals surface area (Å²) in [5.41, 5.74) is 8.66. The maximum absolute atomic E-state index is 11.6. The molecular formula is C19H25N3O2S. The first kappa shape index (κ1) is 17.8. The Balaban J connectivity index is 1.55. The molecule has 0 aliphatic carbocycles. The maximum Gasteiger partial charge on any atom is 0.175 e. The Hall–Kier alpha value is -2.05. The second-order valence-corrected chi connectivity index (χ2v) is 8.72. The molecule has 3 N–H and O–H groups in total. The van der Waals surface area contributed by atoms with E-state index < -0.39 is 9.84 Å². The van der Waals surface area contributed by atoms with Crippen molar-refractivity contribution in [2.75, 3.05) is 30.4 Å². The first-order chi connectivity index (χ1) is 11.9. The van der Waals surface area contributed by atoms with Crippen molar-refractivity contribution in [1.82, 2.24) is 4.90 Å². The van der Waals surface area contributed by atoms with E-state index in [1.807, 2.05) is 6.07 Å². The molecule has 3 rings (SSSR count). The van der Waals surface area contributed by atoms with Gasteiger partial charge in [0.1, 0.15) is 0 Å². The second kappa shape index (κ2) is 7.45. The third-order valence-corrected chi connectivity index (χ3v) is 5.76. The number of likely N-dealkylation sites (tertiary alicyclic amines) is 1. The number of hydrogen-bond acceptors (Lipinski definition) is 5. The molecule has 0 bridgehead atoms. The van der Waals surface area contributed by atoms with Crippen LogP contribution in [0.5, 0.6) is 0 Å². The number of nitrogens with two attached hydrogens (primary N) is 1. The van der Waals surface area contributed by atoms with E-state index in [0.717, 1.165) is 38.2 Å².